The van der Waals surface area contributed by atoms with Crippen molar-refractivity contribution in [1.82, 2.24) is 0 Å². The zero-order valence-corrected chi connectivity index (χ0v) is 8.58. The first kappa shape index (κ1) is 17.9. The quantitative estimate of drug-likeness (QED) is 0.607. The summed E-state index contributed by atoms with van der Waals surface area (Å²) in [6.45, 7) is 1.96. The van der Waals surface area contributed by atoms with E-state index < -0.39 is 11.6 Å². The molecular weight excluding hydrogens is 203 g/mol. The Morgan fingerprint density at radius 2 is 1.83 bits per heavy atom. The standard InChI is InChI=1S/C6H14N2O2.2ClH/c1-2-3-4-6(7,8)5(9)10;;/h2-4,7-8H2,1H3,(H,9,10);2*1H. The van der Waals surface area contributed by atoms with E-state index in [1.54, 1.807) is 0 Å². The Morgan fingerprint density at radius 1 is 1.42 bits per heavy atom. The van der Waals surface area contributed by atoms with E-state index >= 15 is 0 Å². The van der Waals surface area contributed by atoms with Gasteiger partial charge in [-0.1, -0.05) is 13.3 Å². The van der Waals surface area contributed by atoms with Gasteiger partial charge in [-0.25, -0.2) is 4.79 Å². The Hall–Kier alpha value is -0.0300. The molecule has 0 aliphatic heterocycles. The van der Waals surface area contributed by atoms with Crippen molar-refractivity contribution in [2.45, 2.75) is 31.8 Å². The Labute approximate surface area is 84.5 Å². The fraction of sp³-hybridized carbons (Fsp3) is 0.833. The summed E-state index contributed by atoms with van der Waals surface area (Å²) < 4.78 is 0. The lowest BCUT2D eigenvalue weighted by atomic mass is 10.1. The van der Waals surface area contributed by atoms with Gasteiger partial charge in [-0.3, -0.25) is 0 Å². The van der Waals surface area contributed by atoms with Gasteiger partial charge in [0.15, 0.2) is 5.66 Å². The second-order valence-electron chi connectivity index (χ2n) is 2.45. The molecule has 0 spiro atoms. The molecule has 4 nitrogen and oxygen atoms in total. The first-order valence-corrected chi connectivity index (χ1v) is 3.32. The van der Waals surface area contributed by atoms with E-state index in [9.17, 15) is 4.79 Å². The second-order valence-corrected chi connectivity index (χ2v) is 2.45. The number of carboxylic acid groups (broad SMARTS) is 1. The van der Waals surface area contributed by atoms with Crippen LogP contribution in [0.1, 0.15) is 26.2 Å². The molecule has 0 radical (unpaired) electrons. The van der Waals surface area contributed by atoms with Crippen molar-refractivity contribution in [2.75, 3.05) is 0 Å². The maximum Gasteiger partial charge on any atom is 0.338 e. The molecule has 0 rings (SSSR count). The molecule has 0 fully saturated rings. The lowest BCUT2D eigenvalue weighted by molar-refractivity contribution is -0.143. The number of aliphatic carboxylic acids is 1. The number of carbonyl (C=O) groups is 1. The molecule has 0 aromatic carbocycles. The number of halogens is 2. The van der Waals surface area contributed by atoms with Crippen LogP contribution in [-0.4, -0.2) is 16.7 Å². The lowest BCUT2D eigenvalue weighted by Crippen LogP contribution is -2.56. The Bertz CT molecular complexity index is 131. The highest BCUT2D eigenvalue weighted by Gasteiger charge is 2.27. The van der Waals surface area contributed by atoms with Gasteiger partial charge in [0.05, 0.1) is 0 Å². The molecule has 76 valence electrons. The van der Waals surface area contributed by atoms with Crippen LogP contribution in [0, 0.1) is 0 Å². The molecular formula is C6H16Cl2N2O2. The third kappa shape index (κ3) is 6.67. The van der Waals surface area contributed by atoms with E-state index in [0.717, 1.165) is 12.8 Å². The molecule has 0 saturated carbocycles. The van der Waals surface area contributed by atoms with Crippen LogP contribution in [0.5, 0.6) is 0 Å². The van der Waals surface area contributed by atoms with Crippen molar-refractivity contribution in [3.8, 4) is 0 Å². The average Bonchev–Trinajstić information content (AvgIpc) is 1.84. The highest BCUT2D eigenvalue weighted by atomic mass is 35.5. The number of unbranched alkanes of at least 4 members (excludes halogenated alkanes) is 1. The van der Waals surface area contributed by atoms with Gasteiger partial charge in [-0.15, -0.1) is 24.8 Å². The van der Waals surface area contributed by atoms with Gasteiger partial charge in [0.1, 0.15) is 0 Å². The number of hydrogen-bond acceptors (Lipinski definition) is 3. The summed E-state index contributed by atoms with van der Waals surface area (Å²) in [6.07, 6.45) is 1.99. The normalized spacial score (nSPS) is 9.58. The van der Waals surface area contributed by atoms with Crippen LogP contribution in [0.3, 0.4) is 0 Å². The SMILES string of the molecule is CCCCC(N)(N)C(=O)O.Cl.Cl. The van der Waals surface area contributed by atoms with E-state index in [1.807, 2.05) is 6.92 Å². The van der Waals surface area contributed by atoms with Crippen molar-refractivity contribution >= 4 is 30.8 Å². The second kappa shape index (κ2) is 7.61. The maximum atomic E-state index is 10.3. The molecule has 0 amide bonds. The van der Waals surface area contributed by atoms with E-state index in [0.29, 0.717) is 6.42 Å². The third-order valence-electron chi connectivity index (χ3n) is 1.34. The van der Waals surface area contributed by atoms with E-state index in [2.05, 4.69) is 0 Å². The first-order chi connectivity index (χ1) is 4.50. The lowest BCUT2D eigenvalue weighted by Gasteiger charge is -2.17. The maximum absolute atomic E-state index is 10.3. The predicted molar refractivity (Wildman–Crippen MR) is 52.8 cm³/mol. The molecule has 0 aromatic heterocycles. The molecule has 0 atom stereocenters. The fourth-order valence-corrected chi connectivity index (χ4v) is 0.576. The zero-order chi connectivity index (χ0) is 8.20. The molecule has 0 bridgehead atoms. The summed E-state index contributed by atoms with van der Waals surface area (Å²) in [5, 5.41) is 8.42. The highest BCUT2D eigenvalue weighted by molar-refractivity contribution is 5.85. The van der Waals surface area contributed by atoms with Crippen LogP contribution < -0.4 is 11.5 Å². The van der Waals surface area contributed by atoms with Crippen LogP contribution >= 0.6 is 24.8 Å². The number of nitrogens with two attached hydrogens (primary N) is 2. The molecule has 12 heavy (non-hydrogen) atoms. The fourth-order valence-electron chi connectivity index (χ4n) is 0.576. The van der Waals surface area contributed by atoms with Gasteiger partial charge in [0, 0.05) is 0 Å². The minimum absolute atomic E-state index is 0. The van der Waals surface area contributed by atoms with Gasteiger partial charge >= 0.3 is 5.97 Å². The highest BCUT2D eigenvalue weighted by Crippen LogP contribution is 2.04. The van der Waals surface area contributed by atoms with Gasteiger partial charge in [0.25, 0.3) is 0 Å². The van der Waals surface area contributed by atoms with Gasteiger partial charge in [-0.2, -0.15) is 0 Å². The molecule has 5 N–H and O–H groups in total. The van der Waals surface area contributed by atoms with Crippen LogP contribution in [0.2, 0.25) is 0 Å². The van der Waals surface area contributed by atoms with Gasteiger partial charge in [-0.05, 0) is 12.8 Å². The Kier molecular flexibility index (Phi) is 11.4. The minimum Gasteiger partial charge on any atom is -0.479 e. The first-order valence-electron chi connectivity index (χ1n) is 3.32. The molecule has 0 saturated heterocycles. The predicted octanol–water partition coefficient (Wildman–Crippen LogP) is 0.719. The topological polar surface area (TPSA) is 89.3 Å². The average molecular weight is 219 g/mol. The van der Waals surface area contributed by atoms with Crippen molar-refractivity contribution in [1.29, 1.82) is 0 Å². The number of carboxylic acids is 1. The third-order valence-corrected chi connectivity index (χ3v) is 1.34. The summed E-state index contributed by atoms with van der Waals surface area (Å²) in [5.74, 6) is -1.14. The van der Waals surface area contributed by atoms with E-state index in [1.165, 1.54) is 0 Å². The number of rotatable bonds is 4. The van der Waals surface area contributed by atoms with Crippen molar-refractivity contribution < 1.29 is 9.90 Å². The van der Waals surface area contributed by atoms with Gasteiger partial charge < -0.3 is 16.6 Å². The Morgan fingerprint density at radius 3 is 2.08 bits per heavy atom. The summed E-state index contributed by atoms with van der Waals surface area (Å²) in [4.78, 5) is 10.3. The monoisotopic (exact) mass is 218 g/mol. The van der Waals surface area contributed by atoms with Crippen LogP contribution in [-0.2, 0) is 4.79 Å². The van der Waals surface area contributed by atoms with Crippen LogP contribution in [0.15, 0.2) is 0 Å². The smallest absolute Gasteiger partial charge is 0.338 e. The summed E-state index contributed by atoms with van der Waals surface area (Å²) in [6, 6.07) is 0. The summed E-state index contributed by atoms with van der Waals surface area (Å²) in [7, 11) is 0. The van der Waals surface area contributed by atoms with Gasteiger partial charge in [0.2, 0.25) is 0 Å². The minimum atomic E-state index is -1.53. The number of hydrogen-bond donors (Lipinski definition) is 3. The van der Waals surface area contributed by atoms with E-state index in [-0.39, 0.29) is 24.8 Å². The van der Waals surface area contributed by atoms with Crippen molar-refractivity contribution in [3.63, 3.8) is 0 Å². The Balaban J connectivity index is -0.000000405. The molecule has 0 aliphatic rings. The molecule has 0 aromatic rings. The zero-order valence-electron chi connectivity index (χ0n) is 6.95. The van der Waals surface area contributed by atoms with Crippen molar-refractivity contribution in [2.24, 2.45) is 11.5 Å². The molecule has 0 aliphatic carbocycles. The summed E-state index contributed by atoms with van der Waals surface area (Å²) >= 11 is 0. The van der Waals surface area contributed by atoms with Crippen LogP contribution in [0.4, 0.5) is 0 Å². The van der Waals surface area contributed by atoms with Crippen molar-refractivity contribution in [3.05, 3.63) is 0 Å². The largest absolute Gasteiger partial charge is 0.479 e. The molecule has 0 heterocycles. The van der Waals surface area contributed by atoms with E-state index in [4.69, 9.17) is 16.6 Å². The molecule has 6 heteroatoms. The summed E-state index contributed by atoms with van der Waals surface area (Å²) in [5.41, 5.74) is 8.92. The van der Waals surface area contributed by atoms with Crippen LogP contribution in [0.25, 0.3) is 0 Å². The molecule has 0 unspecified atom stereocenters.